The molecule has 0 aliphatic heterocycles. The molecular formula is C25H42O4. The SMILES string of the molecule is CCCCCC(O)CCCCCCCCC(CCC(=O)O)OCc1ccccc1. The number of hydrogen-bond acceptors (Lipinski definition) is 3. The summed E-state index contributed by atoms with van der Waals surface area (Å²) in [4.78, 5) is 10.9. The van der Waals surface area contributed by atoms with Crippen LogP contribution in [0.15, 0.2) is 30.3 Å². The van der Waals surface area contributed by atoms with Crippen LogP contribution in [0.4, 0.5) is 0 Å². The van der Waals surface area contributed by atoms with E-state index in [2.05, 4.69) is 6.92 Å². The molecule has 0 spiro atoms. The number of benzene rings is 1. The molecule has 1 rings (SSSR count). The van der Waals surface area contributed by atoms with E-state index in [9.17, 15) is 9.90 Å². The van der Waals surface area contributed by atoms with E-state index in [1.165, 1.54) is 32.1 Å². The number of carbonyl (C=O) groups is 1. The van der Waals surface area contributed by atoms with Crippen molar-refractivity contribution in [3.05, 3.63) is 35.9 Å². The summed E-state index contributed by atoms with van der Waals surface area (Å²) in [5.41, 5.74) is 1.13. The van der Waals surface area contributed by atoms with Crippen molar-refractivity contribution in [3.63, 3.8) is 0 Å². The van der Waals surface area contributed by atoms with Crippen molar-refractivity contribution in [2.75, 3.05) is 0 Å². The number of aliphatic hydroxyl groups is 1. The smallest absolute Gasteiger partial charge is 0.303 e. The molecular weight excluding hydrogens is 364 g/mol. The van der Waals surface area contributed by atoms with Gasteiger partial charge in [0.25, 0.3) is 0 Å². The van der Waals surface area contributed by atoms with Crippen LogP contribution in [0.1, 0.15) is 102 Å². The second-order valence-electron chi connectivity index (χ2n) is 8.20. The van der Waals surface area contributed by atoms with Crippen LogP contribution in [0, 0.1) is 0 Å². The predicted octanol–water partition coefficient (Wildman–Crippen LogP) is 6.50. The number of carboxylic acids is 1. The quantitative estimate of drug-likeness (QED) is 0.257. The Morgan fingerprint density at radius 1 is 0.862 bits per heavy atom. The van der Waals surface area contributed by atoms with E-state index in [-0.39, 0.29) is 18.6 Å². The summed E-state index contributed by atoms with van der Waals surface area (Å²) < 4.78 is 6.00. The molecule has 0 saturated heterocycles. The summed E-state index contributed by atoms with van der Waals surface area (Å²) in [6.07, 6.45) is 14.0. The average Bonchev–Trinajstić information content (AvgIpc) is 2.72. The first kappa shape index (κ1) is 25.6. The van der Waals surface area contributed by atoms with Crippen molar-refractivity contribution in [1.82, 2.24) is 0 Å². The topological polar surface area (TPSA) is 66.8 Å². The van der Waals surface area contributed by atoms with Crippen molar-refractivity contribution < 1.29 is 19.7 Å². The second-order valence-corrected chi connectivity index (χ2v) is 8.20. The average molecular weight is 407 g/mol. The highest BCUT2D eigenvalue weighted by molar-refractivity contribution is 5.66. The highest BCUT2D eigenvalue weighted by atomic mass is 16.5. The maximum absolute atomic E-state index is 10.9. The molecule has 1 aromatic carbocycles. The second kappa shape index (κ2) is 17.5. The van der Waals surface area contributed by atoms with Crippen LogP contribution in [0.5, 0.6) is 0 Å². The van der Waals surface area contributed by atoms with Gasteiger partial charge in [-0.2, -0.15) is 0 Å². The summed E-state index contributed by atoms with van der Waals surface area (Å²) in [6, 6.07) is 10.0. The lowest BCUT2D eigenvalue weighted by Gasteiger charge is -2.17. The first-order chi connectivity index (χ1) is 14.1. The zero-order chi connectivity index (χ0) is 21.2. The van der Waals surface area contributed by atoms with Crippen LogP contribution >= 0.6 is 0 Å². The van der Waals surface area contributed by atoms with Gasteiger partial charge in [0.2, 0.25) is 0 Å². The molecule has 2 N–H and O–H groups in total. The minimum atomic E-state index is -0.754. The van der Waals surface area contributed by atoms with Crippen molar-refractivity contribution in [2.24, 2.45) is 0 Å². The van der Waals surface area contributed by atoms with Gasteiger partial charge in [-0.1, -0.05) is 95.0 Å². The number of unbranched alkanes of at least 4 members (excludes halogenated alkanes) is 7. The minimum absolute atomic E-state index is 0.0181. The third-order valence-electron chi connectivity index (χ3n) is 5.46. The number of ether oxygens (including phenoxy) is 1. The molecule has 4 nitrogen and oxygen atoms in total. The van der Waals surface area contributed by atoms with E-state index in [0.717, 1.165) is 50.5 Å². The van der Waals surface area contributed by atoms with Gasteiger partial charge in [-0.3, -0.25) is 4.79 Å². The first-order valence-electron chi connectivity index (χ1n) is 11.7. The maximum atomic E-state index is 10.9. The summed E-state index contributed by atoms with van der Waals surface area (Å²) in [7, 11) is 0. The van der Waals surface area contributed by atoms with Gasteiger partial charge in [-0.05, 0) is 31.2 Å². The molecule has 0 aliphatic rings. The zero-order valence-electron chi connectivity index (χ0n) is 18.4. The van der Waals surface area contributed by atoms with E-state index in [1.54, 1.807) is 0 Å². The van der Waals surface area contributed by atoms with Crippen LogP contribution in [0.25, 0.3) is 0 Å². The highest BCUT2D eigenvalue weighted by Gasteiger charge is 2.12. The number of rotatable bonds is 19. The van der Waals surface area contributed by atoms with Crippen molar-refractivity contribution in [1.29, 1.82) is 0 Å². The van der Waals surface area contributed by atoms with Gasteiger partial charge in [0.1, 0.15) is 0 Å². The monoisotopic (exact) mass is 406 g/mol. The number of carboxylic acid groups (broad SMARTS) is 1. The molecule has 29 heavy (non-hydrogen) atoms. The van der Waals surface area contributed by atoms with Crippen LogP contribution in [-0.2, 0) is 16.1 Å². The van der Waals surface area contributed by atoms with Crippen molar-refractivity contribution in [2.45, 2.75) is 116 Å². The molecule has 166 valence electrons. The molecule has 0 amide bonds. The van der Waals surface area contributed by atoms with Crippen LogP contribution in [0.3, 0.4) is 0 Å². The summed E-state index contributed by atoms with van der Waals surface area (Å²) in [5, 5.41) is 18.9. The molecule has 0 heterocycles. The normalized spacial score (nSPS) is 13.3. The highest BCUT2D eigenvalue weighted by Crippen LogP contribution is 2.17. The number of aliphatic hydroxyl groups excluding tert-OH is 1. The Balaban J connectivity index is 2.10. The molecule has 2 atom stereocenters. The van der Waals surface area contributed by atoms with Gasteiger partial charge in [0, 0.05) is 6.42 Å². The summed E-state index contributed by atoms with van der Waals surface area (Å²) in [5.74, 6) is -0.754. The fourth-order valence-electron chi connectivity index (χ4n) is 3.62. The fourth-order valence-corrected chi connectivity index (χ4v) is 3.62. The molecule has 0 bridgehead atoms. The third kappa shape index (κ3) is 15.2. The van der Waals surface area contributed by atoms with Gasteiger partial charge in [0.05, 0.1) is 18.8 Å². The largest absolute Gasteiger partial charge is 0.481 e. The first-order valence-corrected chi connectivity index (χ1v) is 11.7. The van der Waals surface area contributed by atoms with E-state index >= 15 is 0 Å². The molecule has 4 heteroatoms. The van der Waals surface area contributed by atoms with E-state index in [0.29, 0.717) is 13.0 Å². The predicted molar refractivity (Wildman–Crippen MR) is 119 cm³/mol. The lowest BCUT2D eigenvalue weighted by atomic mass is 10.0. The Hall–Kier alpha value is -1.39. The Kier molecular flexibility index (Phi) is 15.4. The zero-order valence-corrected chi connectivity index (χ0v) is 18.4. The number of aliphatic carboxylic acids is 1. The molecule has 0 aromatic heterocycles. The minimum Gasteiger partial charge on any atom is -0.481 e. The van der Waals surface area contributed by atoms with Gasteiger partial charge in [-0.15, -0.1) is 0 Å². The molecule has 1 aromatic rings. The van der Waals surface area contributed by atoms with Crippen molar-refractivity contribution in [3.8, 4) is 0 Å². The molecule has 0 saturated carbocycles. The van der Waals surface area contributed by atoms with E-state index < -0.39 is 5.97 Å². The molecule has 2 unspecified atom stereocenters. The van der Waals surface area contributed by atoms with Gasteiger partial charge < -0.3 is 14.9 Å². The molecule has 0 aliphatic carbocycles. The Labute approximate surface area is 177 Å². The molecule has 0 fully saturated rings. The van der Waals surface area contributed by atoms with Crippen molar-refractivity contribution >= 4 is 5.97 Å². The fraction of sp³-hybridized carbons (Fsp3) is 0.720. The number of hydrogen-bond donors (Lipinski definition) is 2. The van der Waals surface area contributed by atoms with Gasteiger partial charge in [-0.25, -0.2) is 0 Å². The Morgan fingerprint density at radius 2 is 1.45 bits per heavy atom. The van der Waals surface area contributed by atoms with E-state index in [1.807, 2.05) is 30.3 Å². The van der Waals surface area contributed by atoms with E-state index in [4.69, 9.17) is 9.84 Å². The summed E-state index contributed by atoms with van der Waals surface area (Å²) >= 11 is 0. The summed E-state index contributed by atoms with van der Waals surface area (Å²) in [6.45, 7) is 2.74. The van der Waals surface area contributed by atoms with Gasteiger partial charge >= 0.3 is 5.97 Å². The standard InChI is InChI=1S/C25H42O4/c1-2-3-9-16-23(26)17-12-6-4-5-7-13-18-24(19-20-25(27)28)29-21-22-14-10-8-11-15-22/h8,10-11,14-15,23-24,26H,2-7,9,12-13,16-21H2,1H3,(H,27,28). The maximum Gasteiger partial charge on any atom is 0.303 e. The van der Waals surface area contributed by atoms with Crippen LogP contribution in [0.2, 0.25) is 0 Å². The van der Waals surface area contributed by atoms with Gasteiger partial charge in [0.15, 0.2) is 0 Å². The lowest BCUT2D eigenvalue weighted by Crippen LogP contribution is -2.15. The van der Waals surface area contributed by atoms with Crippen LogP contribution < -0.4 is 0 Å². The lowest BCUT2D eigenvalue weighted by molar-refractivity contribution is -0.138. The third-order valence-corrected chi connectivity index (χ3v) is 5.46. The van der Waals surface area contributed by atoms with Crippen LogP contribution in [-0.4, -0.2) is 28.4 Å². The molecule has 0 radical (unpaired) electrons. The Morgan fingerprint density at radius 3 is 2.07 bits per heavy atom. The Bertz CT molecular complexity index is 503.